The molecule has 7 nitrogen and oxygen atoms in total. The zero-order valence-corrected chi connectivity index (χ0v) is 14.5. The van der Waals surface area contributed by atoms with Gasteiger partial charge in [-0.05, 0) is 37.1 Å². The highest BCUT2D eigenvalue weighted by Gasteiger charge is 2.25. The second-order valence-corrected chi connectivity index (χ2v) is 5.75. The molecule has 0 aliphatic carbocycles. The van der Waals surface area contributed by atoms with Crippen molar-refractivity contribution < 1.29 is 23.9 Å². The molecule has 2 rings (SSSR count). The molecular formula is C18H24N2O5. The molecule has 1 aromatic rings. The number of carbonyl (C=O) groups excluding carboxylic acids is 3. The largest absolute Gasteiger partial charge is 0.494 e. The number of ether oxygens (including phenoxy) is 2. The molecule has 0 atom stereocenters. The first kappa shape index (κ1) is 18.8. The second-order valence-electron chi connectivity index (χ2n) is 5.75. The van der Waals surface area contributed by atoms with Crippen LogP contribution in [0.25, 0.3) is 0 Å². The Morgan fingerprint density at radius 2 is 1.68 bits per heavy atom. The smallest absolute Gasteiger partial charge is 0.258 e. The van der Waals surface area contributed by atoms with Crippen molar-refractivity contribution in [3.8, 4) is 11.5 Å². The van der Waals surface area contributed by atoms with Crippen molar-refractivity contribution in [3.05, 3.63) is 24.3 Å². The lowest BCUT2D eigenvalue weighted by Crippen LogP contribution is -2.45. The SMILES string of the molecule is CCCOc1ccc(OCC(=O)NCCN2C(=O)CCCC2=O)cc1. The number of rotatable bonds is 9. The van der Waals surface area contributed by atoms with E-state index in [0.29, 0.717) is 31.6 Å². The Labute approximate surface area is 147 Å². The Kier molecular flexibility index (Phi) is 7.25. The first-order chi connectivity index (χ1) is 12.1. The van der Waals surface area contributed by atoms with E-state index in [1.54, 1.807) is 24.3 Å². The summed E-state index contributed by atoms with van der Waals surface area (Å²) < 4.78 is 10.9. The monoisotopic (exact) mass is 348 g/mol. The summed E-state index contributed by atoms with van der Waals surface area (Å²) in [7, 11) is 0. The fraction of sp³-hybridized carbons (Fsp3) is 0.500. The molecule has 136 valence electrons. The van der Waals surface area contributed by atoms with E-state index in [2.05, 4.69) is 5.32 Å². The molecule has 3 amide bonds. The zero-order valence-electron chi connectivity index (χ0n) is 14.5. The zero-order chi connectivity index (χ0) is 18.1. The topological polar surface area (TPSA) is 84.9 Å². The van der Waals surface area contributed by atoms with E-state index < -0.39 is 0 Å². The van der Waals surface area contributed by atoms with E-state index in [1.807, 2.05) is 6.92 Å². The van der Waals surface area contributed by atoms with Gasteiger partial charge < -0.3 is 14.8 Å². The highest BCUT2D eigenvalue weighted by atomic mass is 16.5. The molecule has 1 saturated heterocycles. The third kappa shape index (κ3) is 6.10. The van der Waals surface area contributed by atoms with Gasteiger partial charge in [0.2, 0.25) is 11.8 Å². The van der Waals surface area contributed by atoms with Crippen molar-refractivity contribution >= 4 is 17.7 Å². The van der Waals surface area contributed by atoms with Gasteiger partial charge in [0, 0.05) is 25.9 Å². The number of piperidine rings is 1. The summed E-state index contributed by atoms with van der Waals surface area (Å²) >= 11 is 0. The average molecular weight is 348 g/mol. The van der Waals surface area contributed by atoms with Crippen molar-refractivity contribution in [2.45, 2.75) is 32.6 Å². The lowest BCUT2D eigenvalue weighted by atomic mass is 10.1. The van der Waals surface area contributed by atoms with Crippen LogP contribution in [0.5, 0.6) is 11.5 Å². The van der Waals surface area contributed by atoms with Gasteiger partial charge in [-0.3, -0.25) is 19.3 Å². The van der Waals surface area contributed by atoms with E-state index in [0.717, 1.165) is 12.2 Å². The standard InChI is InChI=1S/C18H24N2O5/c1-2-12-24-14-6-8-15(9-7-14)25-13-16(21)19-10-11-20-17(22)4-3-5-18(20)23/h6-9H,2-5,10-13H2,1H3,(H,19,21). The van der Waals surface area contributed by atoms with Gasteiger partial charge in [-0.2, -0.15) is 0 Å². The summed E-state index contributed by atoms with van der Waals surface area (Å²) in [5.74, 6) is 0.678. The molecule has 1 aliphatic heterocycles. The number of likely N-dealkylation sites (tertiary alicyclic amines) is 1. The molecule has 1 fully saturated rings. The van der Waals surface area contributed by atoms with Crippen molar-refractivity contribution in [2.24, 2.45) is 0 Å². The first-order valence-corrected chi connectivity index (χ1v) is 8.55. The molecular weight excluding hydrogens is 324 g/mol. The summed E-state index contributed by atoms with van der Waals surface area (Å²) in [6, 6.07) is 7.06. The van der Waals surface area contributed by atoms with E-state index >= 15 is 0 Å². The van der Waals surface area contributed by atoms with Gasteiger partial charge in [0.1, 0.15) is 11.5 Å². The number of benzene rings is 1. The molecule has 1 aromatic carbocycles. The van der Waals surface area contributed by atoms with E-state index in [4.69, 9.17) is 9.47 Å². The molecule has 25 heavy (non-hydrogen) atoms. The van der Waals surface area contributed by atoms with Crippen LogP contribution in [0.3, 0.4) is 0 Å². The van der Waals surface area contributed by atoms with Gasteiger partial charge in [-0.15, -0.1) is 0 Å². The van der Waals surface area contributed by atoms with Crippen LogP contribution in [0.15, 0.2) is 24.3 Å². The maximum absolute atomic E-state index is 11.8. The van der Waals surface area contributed by atoms with Crippen LogP contribution in [0.1, 0.15) is 32.6 Å². The van der Waals surface area contributed by atoms with Crippen molar-refractivity contribution in [2.75, 3.05) is 26.3 Å². The molecule has 1 heterocycles. The fourth-order valence-electron chi connectivity index (χ4n) is 2.41. The predicted molar refractivity (Wildman–Crippen MR) is 91.3 cm³/mol. The number of hydrogen-bond acceptors (Lipinski definition) is 5. The van der Waals surface area contributed by atoms with Gasteiger partial charge in [-0.1, -0.05) is 6.92 Å². The minimum Gasteiger partial charge on any atom is -0.494 e. The molecule has 7 heteroatoms. The first-order valence-electron chi connectivity index (χ1n) is 8.55. The average Bonchev–Trinajstić information content (AvgIpc) is 2.61. The van der Waals surface area contributed by atoms with E-state index in [9.17, 15) is 14.4 Å². The third-order valence-corrected chi connectivity index (χ3v) is 3.71. The Morgan fingerprint density at radius 1 is 1.08 bits per heavy atom. The Morgan fingerprint density at radius 3 is 2.28 bits per heavy atom. The second kappa shape index (κ2) is 9.66. The molecule has 0 spiro atoms. The molecule has 1 aliphatic rings. The van der Waals surface area contributed by atoms with Crippen molar-refractivity contribution in [3.63, 3.8) is 0 Å². The van der Waals surface area contributed by atoms with Crippen LogP contribution in [-0.4, -0.2) is 48.9 Å². The number of amides is 3. The van der Waals surface area contributed by atoms with Crippen LogP contribution in [0, 0.1) is 0 Å². The summed E-state index contributed by atoms with van der Waals surface area (Å²) in [6.07, 6.45) is 2.32. The predicted octanol–water partition coefficient (Wildman–Crippen LogP) is 1.51. The Hall–Kier alpha value is -2.57. The summed E-state index contributed by atoms with van der Waals surface area (Å²) in [5, 5.41) is 2.65. The summed E-state index contributed by atoms with van der Waals surface area (Å²) in [4.78, 5) is 36.3. The number of nitrogens with one attached hydrogen (secondary N) is 1. The van der Waals surface area contributed by atoms with Crippen molar-refractivity contribution in [1.82, 2.24) is 10.2 Å². The van der Waals surface area contributed by atoms with Crippen LogP contribution in [0.4, 0.5) is 0 Å². The molecule has 1 N–H and O–H groups in total. The van der Waals surface area contributed by atoms with Crippen molar-refractivity contribution in [1.29, 1.82) is 0 Å². The minimum atomic E-state index is -0.303. The summed E-state index contributed by atoms with van der Waals surface area (Å²) in [6.45, 7) is 2.99. The lowest BCUT2D eigenvalue weighted by molar-refractivity contribution is -0.148. The molecule has 0 unspecified atom stereocenters. The molecule has 0 bridgehead atoms. The quantitative estimate of drug-likeness (QED) is 0.684. The molecule has 0 aromatic heterocycles. The normalized spacial score (nSPS) is 14.4. The Balaban J connectivity index is 1.66. The fourth-order valence-corrected chi connectivity index (χ4v) is 2.41. The number of hydrogen-bond donors (Lipinski definition) is 1. The van der Waals surface area contributed by atoms with Gasteiger partial charge in [-0.25, -0.2) is 0 Å². The van der Waals surface area contributed by atoms with Crippen LogP contribution in [0.2, 0.25) is 0 Å². The van der Waals surface area contributed by atoms with Crippen LogP contribution in [-0.2, 0) is 14.4 Å². The van der Waals surface area contributed by atoms with Gasteiger partial charge in [0.15, 0.2) is 6.61 Å². The number of carbonyl (C=O) groups is 3. The van der Waals surface area contributed by atoms with Gasteiger partial charge >= 0.3 is 0 Å². The third-order valence-electron chi connectivity index (χ3n) is 3.71. The lowest BCUT2D eigenvalue weighted by Gasteiger charge is -2.24. The minimum absolute atomic E-state index is 0.128. The molecule has 0 saturated carbocycles. The number of nitrogens with zero attached hydrogens (tertiary/aromatic N) is 1. The van der Waals surface area contributed by atoms with E-state index in [1.165, 1.54) is 4.90 Å². The van der Waals surface area contributed by atoms with Gasteiger partial charge in [0.05, 0.1) is 6.61 Å². The Bertz CT molecular complexity index is 584. The van der Waals surface area contributed by atoms with Crippen LogP contribution >= 0.6 is 0 Å². The maximum atomic E-state index is 11.8. The molecule has 0 radical (unpaired) electrons. The number of imide groups is 1. The van der Waals surface area contributed by atoms with Gasteiger partial charge in [0.25, 0.3) is 5.91 Å². The highest BCUT2D eigenvalue weighted by molar-refractivity contribution is 5.97. The highest BCUT2D eigenvalue weighted by Crippen LogP contribution is 2.17. The van der Waals surface area contributed by atoms with E-state index in [-0.39, 0.29) is 37.4 Å². The maximum Gasteiger partial charge on any atom is 0.258 e. The summed E-state index contributed by atoms with van der Waals surface area (Å²) in [5.41, 5.74) is 0. The van der Waals surface area contributed by atoms with Crippen LogP contribution < -0.4 is 14.8 Å².